The molecule has 0 spiro atoms. The normalized spacial score (nSPS) is 11.1. The summed E-state index contributed by atoms with van der Waals surface area (Å²) in [5.41, 5.74) is -1.55. The Kier molecular flexibility index (Phi) is 5.53. The van der Waals surface area contributed by atoms with Crippen LogP contribution in [-0.2, 0) is 17.5 Å². The van der Waals surface area contributed by atoms with Crippen LogP contribution in [0.1, 0.15) is 21.6 Å². The van der Waals surface area contributed by atoms with E-state index >= 15 is 0 Å². The minimum atomic E-state index is -4.94. The van der Waals surface area contributed by atoms with Crippen molar-refractivity contribution in [2.24, 2.45) is 0 Å². The van der Waals surface area contributed by atoms with Gasteiger partial charge in [-0.05, 0) is 23.8 Å². The van der Waals surface area contributed by atoms with Crippen LogP contribution in [0, 0.1) is 0 Å². The summed E-state index contributed by atoms with van der Waals surface area (Å²) in [6, 6.07) is 14.3. The lowest BCUT2D eigenvalue weighted by Crippen LogP contribution is -2.18. The van der Waals surface area contributed by atoms with Crippen LogP contribution in [0.4, 0.5) is 23.7 Å². The number of nitrogens with zero attached hydrogens (tertiary/aromatic N) is 2. The first-order chi connectivity index (χ1) is 13.8. The second kappa shape index (κ2) is 8.05. The standard InChI is InChI=1S/C19H14F3N3O4/c20-19(21,22)16-15(17(26)27)10-23-25(16)14-8-4-7-13(9-14)24-18(28)29-11-12-5-2-1-3-6-12/h1-10H,11H2,(H,24,28)(H,26,27). The fourth-order valence-electron chi connectivity index (χ4n) is 2.57. The highest BCUT2D eigenvalue weighted by atomic mass is 19.4. The second-order valence-electron chi connectivity index (χ2n) is 5.86. The molecular weight excluding hydrogens is 391 g/mol. The lowest BCUT2D eigenvalue weighted by molar-refractivity contribution is -0.143. The van der Waals surface area contributed by atoms with Crippen molar-refractivity contribution in [2.75, 3.05) is 5.32 Å². The Morgan fingerprint density at radius 3 is 2.48 bits per heavy atom. The number of ether oxygens (including phenoxy) is 1. The molecule has 10 heteroatoms. The molecule has 150 valence electrons. The third-order valence-corrected chi connectivity index (χ3v) is 3.82. The quantitative estimate of drug-likeness (QED) is 0.659. The number of hydrogen-bond acceptors (Lipinski definition) is 4. The summed E-state index contributed by atoms with van der Waals surface area (Å²) in [4.78, 5) is 23.0. The van der Waals surface area contributed by atoms with Gasteiger partial charge in [-0.15, -0.1) is 0 Å². The Morgan fingerprint density at radius 1 is 1.10 bits per heavy atom. The molecule has 1 aromatic heterocycles. The number of alkyl halides is 3. The van der Waals surface area contributed by atoms with Gasteiger partial charge in [0.2, 0.25) is 0 Å². The lowest BCUT2D eigenvalue weighted by Gasteiger charge is -2.13. The highest BCUT2D eigenvalue weighted by Crippen LogP contribution is 2.34. The van der Waals surface area contributed by atoms with E-state index < -0.39 is 29.5 Å². The summed E-state index contributed by atoms with van der Waals surface area (Å²) in [5.74, 6) is -1.75. The van der Waals surface area contributed by atoms with E-state index in [1.807, 2.05) is 6.07 Å². The topological polar surface area (TPSA) is 93.5 Å². The number of anilines is 1. The number of nitrogens with one attached hydrogen (secondary N) is 1. The Morgan fingerprint density at radius 2 is 1.83 bits per heavy atom. The van der Waals surface area contributed by atoms with E-state index in [1.54, 1.807) is 24.3 Å². The lowest BCUT2D eigenvalue weighted by atomic mass is 10.2. The molecule has 0 aliphatic rings. The molecule has 2 aromatic carbocycles. The zero-order valence-electron chi connectivity index (χ0n) is 14.7. The Bertz CT molecular complexity index is 1030. The monoisotopic (exact) mass is 405 g/mol. The molecule has 1 amide bonds. The van der Waals surface area contributed by atoms with Crippen molar-refractivity contribution in [3.8, 4) is 5.69 Å². The fraction of sp³-hybridized carbons (Fsp3) is 0.105. The Labute approximate surface area is 162 Å². The van der Waals surface area contributed by atoms with Gasteiger partial charge in [0.1, 0.15) is 12.2 Å². The largest absolute Gasteiger partial charge is 0.478 e. The van der Waals surface area contributed by atoms with Crippen LogP contribution in [0.5, 0.6) is 0 Å². The minimum absolute atomic E-state index is 0.0196. The molecule has 0 atom stereocenters. The molecule has 0 bridgehead atoms. The Hall–Kier alpha value is -3.82. The third-order valence-electron chi connectivity index (χ3n) is 3.82. The highest BCUT2D eigenvalue weighted by molar-refractivity contribution is 5.89. The van der Waals surface area contributed by atoms with Crippen molar-refractivity contribution in [1.82, 2.24) is 9.78 Å². The molecule has 0 aliphatic carbocycles. The van der Waals surface area contributed by atoms with Crippen LogP contribution in [-0.4, -0.2) is 26.9 Å². The van der Waals surface area contributed by atoms with Crippen molar-refractivity contribution in [3.63, 3.8) is 0 Å². The van der Waals surface area contributed by atoms with Gasteiger partial charge in [-0.25, -0.2) is 14.3 Å². The molecule has 2 N–H and O–H groups in total. The maximum Gasteiger partial charge on any atom is 0.434 e. The van der Waals surface area contributed by atoms with E-state index in [-0.39, 0.29) is 18.0 Å². The number of halogens is 3. The van der Waals surface area contributed by atoms with Gasteiger partial charge in [0, 0.05) is 5.69 Å². The first kappa shape index (κ1) is 19.9. The zero-order chi connectivity index (χ0) is 21.0. The summed E-state index contributed by atoms with van der Waals surface area (Å²) in [6.45, 7) is 0.0196. The third kappa shape index (κ3) is 4.72. The van der Waals surface area contributed by atoms with E-state index in [4.69, 9.17) is 9.84 Å². The van der Waals surface area contributed by atoms with Crippen LogP contribution in [0.15, 0.2) is 60.8 Å². The van der Waals surface area contributed by atoms with Gasteiger partial charge in [0.15, 0.2) is 5.69 Å². The Balaban J connectivity index is 1.80. The molecule has 0 radical (unpaired) electrons. The number of aromatic carboxylic acids is 1. The molecule has 0 saturated carbocycles. The summed E-state index contributed by atoms with van der Waals surface area (Å²) < 4.78 is 45.6. The van der Waals surface area contributed by atoms with Crippen molar-refractivity contribution < 1.29 is 32.6 Å². The SMILES string of the molecule is O=C(Nc1cccc(-n2ncc(C(=O)O)c2C(F)(F)F)c1)OCc1ccccc1. The van der Waals surface area contributed by atoms with Crippen molar-refractivity contribution in [1.29, 1.82) is 0 Å². The predicted octanol–water partition coefficient (Wildman–Crippen LogP) is 4.34. The average molecular weight is 405 g/mol. The predicted molar refractivity (Wildman–Crippen MR) is 95.8 cm³/mol. The van der Waals surface area contributed by atoms with Crippen LogP contribution < -0.4 is 5.32 Å². The van der Waals surface area contributed by atoms with Gasteiger partial charge >= 0.3 is 18.2 Å². The number of amides is 1. The summed E-state index contributed by atoms with van der Waals surface area (Å²) in [7, 11) is 0. The number of carboxylic acids is 1. The van der Waals surface area contributed by atoms with Crippen LogP contribution in [0.2, 0.25) is 0 Å². The molecule has 29 heavy (non-hydrogen) atoms. The van der Waals surface area contributed by atoms with E-state index in [1.165, 1.54) is 24.3 Å². The van der Waals surface area contributed by atoms with E-state index in [0.717, 1.165) is 5.56 Å². The van der Waals surface area contributed by atoms with Crippen molar-refractivity contribution >= 4 is 17.7 Å². The van der Waals surface area contributed by atoms with Crippen LogP contribution in [0.25, 0.3) is 5.69 Å². The average Bonchev–Trinajstić information content (AvgIpc) is 3.14. The summed E-state index contributed by atoms with van der Waals surface area (Å²) in [5, 5.41) is 14.9. The van der Waals surface area contributed by atoms with Gasteiger partial charge in [0.05, 0.1) is 11.9 Å². The number of carbonyl (C=O) groups excluding carboxylic acids is 1. The van der Waals surface area contributed by atoms with Gasteiger partial charge in [0.25, 0.3) is 0 Å². The molecule has 7 nitrogen and oxygen atoms in total. The van der Waals surface area contributed by atoms with E-state index in [9.17, 15) is 22.8 Å². The highest BCUT2D eigenvalue weighted by Gasteiger charge is 2.40. The molecule has 3 rings (SSSR count). The second-order valence-corrected chi connectivity index (χ2v) is 5.86. The molecule has 1 heterocycles. The number of carbonyl (C=O) groups is 2. The molecule has 0 fully saturated rings. The van der Waals surface area contributed by atoms with Gasteiger partial charge < -0.3 is 9.84 Å². The van der Waals surface area contributed by atoms with Crippen LogP contribution >= 0.6 is 0 Å². The molecule has 0 aliphatic heterocycles. The van der Waals surface area contributed by atoms with Gasteiger partial charge in [-0.3, -0.25) is 5.32 Å². The summed E-state index contributed by atoms with van der Waals surface area (Å²) >= 11 is 0. The number of carboxylic acid groups (broad SMARTS) is 1. The van der Waals surface area contributed by atoms with E-state index in [0.29, 0.717) is 10.9 Å². The maximum atomic E-state index is 13.3. The minimum Gasteiger partial charge on any atom is -0.478 e. The smallest absolute Gasteiger partial charge is 0.434 e. The van der Waals surface area contributed by atoms with Crippen LogP contribution in [0.3, 0.4) is 0 Å². The van der Waals surface area contributed by atoms with Crippen molar-refractivity contribution in [3.05, 3.63) is 77.6 Å². The molecule has 0 unspecified atom stereocenters. The number of hydrogen-bond donors (Lipinski definition) is 2. The van der Waals surface area contributed by atoms with Gasteiger partial charge in [-0.1, -0.05) is 36.4 Å². The number of aromatic nitrogens is 2. The number of benzene rings is 2. The zero-order valence-corrected chi connectivity index (χ0v) is 14.7. The van der Waals surface area contributed by atoms with Gasteiger partial charge in [-0.2, -0.15) is 18.3 Å². The first-order valence-corrected chi connectivity index (χ1v) is 8.22. The maximum absolute atomic E-state index is 13.3. The van der Waals surface area contributed by atoms with Crippen molar-refractivity contribution in [2.45, 2.75) is 12.8 Å². The molecule has 0 saturated heterocycles. The molecule has 3 aromatic rings. The first-order valence-electron chi connectivity index (χ1n) is 8.22. The molecular formula is C19H14F3N3O4. The number of rotatable bonds is 5. The van der Waals surface area contributed by atoms with E-state index in [2.05, 4.69) is 10.4 Å². The fourth-order valence-corrected chi connectivity index (χ4v) is 2.57. The summed E-state index contributed by atoms with van der Waals surface area (Å²) in [6.07, 6.45) is -5.12.